The minimum Gasteiger partial charge on any atom is -0.453 e. The maximum atomic E-state index is 12.4. The van der Waals surface area contributed by atoms with Gasteiger partial charge in [0.1, 0.15) is 0 Å². The minimum absolute atomic E-state index is 0.0946. The van der Waals surface area contributed by atoms with E-state index >= 15 is 0 Å². The summed E-state index contributed by atoms with van der Waals surface area (Å²) in [6.07, 6.45) is 7.48. The van der Waals surface area contributed by atoms with Crippen molar-refractivity contribution in [2.45, 2.75) is 82.5 Å². The summed E-state index contributed by atoms with van der Waals surface area (Å²) in [6, 6.07) is 0.279. The fourth-order valence-corrected chi connectivity index (χ4v) is 5.75. The van der Waals surface area contributed by atoms with Crippen LogP contribution in [0.4, 0.5) is 0 Å². The average Bonchev–Trinajstić information content (AvgIpc) is 3.18. The number of carbonyl (C=O) groups excluding carboxylic acids is 2. The van der Waals surface area contributed by atoms with Crippen LogP contribution in [0.25, 0.3) is 0 Å². The van der Waals surface area contributed by atoms with Crippen LogP contribution in [0, 0.1) is 17.3 Å². The Labute approximate surface area is 137 Å². The number of amides is 1. The molecule has 0 saturated heterocycles. The second-order valence-corrected chi connectivity index (χ2v) is 8.78. The van der Waals surface area contributed by atoms with E-state index < -0.39 is 11.7 Å². The summed E-state index contributed by atoms with van der Waals surface area (Å²) in [5.41, 5.74) is -0.651. The second-order valence-electron chi connectivity index (χ2n) is 8.78. The highest BCUT2D eigenvalue weighted by Crippen LogP contribution is 2.62. The van der Waals surface area contributed by atoms with Crippen molar-refractivity contribution in [3.8, 4) is 0 Å². The van der Waals surface area contributed by atoms with Crippen molar-refractivity contribution in [2.24, 2.45) is 17.3 Å². The molecule has 128 valence electrons. The van der Waals surface area contributed by atoms with Gasteiger partial charge in [-0.25, -0.2) is 0 Å². The summed E-state index contributed by atoms with van der Waals surface area (Å²) in [6.45, 7) is 1.64. The Morgan fingerprint density at radius 2 is 1.87 bits per heavy atom. The molecule has 2 N–H and O–H groups in total. The lowest BCUT2D eigenvalue weighted by Gasteiger charge is -2.60. The molecule has 23 heavy (non-hydrogen) atoms. The topological polar surface area (TPSA) is 75.6 Å². The van der Waals surface area contributed by atoms with Crippen LogP contribution in [0.1, 0.15) is 64.7 Å². The van der Waals surface area contributed by atoms with Crippen LogP contribution in [0.5, 0.6) is 0 Å². The summed E-state index contributed by atoms with van der Waals surface area (Å²) >= 11 is 0. The van der Waals surface area contributed by atoms with Gasteiger partial charge in [0.25, 0.3) is 5.91 Å². The van der Waals surface area contributed by atoms with E-state index in [4.69, 9.17) is 4.74 Å². The van der Waals surface area contributed by atoms with Gasteiger partial charge in [-0.1, -0.05) is 0 Å². The van der Waals surface area contributed by atoms with Crippen LogP contribution in [0.3, 0.4) is 0 Å². The van der Waals surface area contributed by atoms with Crippen molar-refractivity contribution in [1.82, 2.24) is 5.32 Å². The molecule has 3 atom stereocenters. The minimum atomic E-state index is -0.722. The normalized spacial score (nSPS) is 42.3. The summed E-state index contributed by atoms with van der Waals surface area (Å²) in [4.78, 5) is 24.3. The quantitative estimate of drug-likeness (QED) is 0.759. The highest BCUT2D eigenvalue weighted by Gasteiger charge is 2.57. The van der Waals surface area contributed by atoms with E-state index in [0.717, 1.165) is 44.9 Å². The van der Waals surface area contributed by atoms with E-state index in [-0.39, 0.29) is 23.3 Å². The van der Waals surface area contributed by atoms with Gasteiger partial charge in [-0.2, -0.15) is 0 Å². The van der Waals surface area contributed by atoms with E-state index in [1.54, 1.807) is 6.92 Å². The second kappa shape index (κ2) is 5.20. The Morgan fingerprint density at radius 1 is 1.22 bits per heavy atom. The highest BCUT2D eigenvalue weighted by atomic mass is 16.5. The first-order valence-corrected chi connectivity index (χ1v) is 9.07. The van der Waals surface area contributed by atoms with Gasteiger partial charge in [-0.3, -0.25) is 9.59 Å². The molecule has 0 aromatic heterocycles. The first-order chi connectivity index (χ1) is 10.8. The smallest absolute Gasteiger partial charge is 0.307 e. The maximum absolute atomic E-state index is 12.4. The van der Waals surface area contributed by atoms with Crippen LogP contribution >= 0.6 is 0 Å². The lowest BCUT2D eigenvalue weighted by atomic mass is 9.47. The summed E-state index contributed by atoms with van der Waals surface area (Å²) in [5, 5.41) is 13.6. The molecule has 5 aliphatic rings. The number of hydrogen-bond acceptors (Lipinski definition) is 4. The van der Waals surface area contributed by atoms with Crippen LogP contribution in [0.15, 0.2) is 0 Å². The Morgan fingerprint density at radius 3 is 2.43 bits per heavy atom. The molecule has 0 aromatic carbocycles. The van der Waals surface area contributed by atoms with Crippen LogP contribution in [-0.2, 0) is 14.3 Å². The number of hydrogen-bond donors (Lipinski definition) is 2. The number of rotatable bonds is 5. The van der Waals surface area contributed by atoms with E-state index in [1.807, 2.05) is 0 Å². The Balaban J connectivity index is 1.35. The molecule has 0 aliphatic heterocycles. The van der Waals surface area contributed by atoms with Crippen LogP contribution in [0.2, 0.25) is 0 Å². The molecular weight excluding hydrogens is 294 g/mol. The molecule has 5 aliphatic carbocycles. The molecule has 0 aromatic rings. The van der Waals surface area contributed by atoms with Gasteiger partial charge in [-0.15, -0.1) is 0 Å². The predicted molar refractivity (Wildman–Crippen MR) is 83.4 cm³/mol. The zero-order valence-corrected chi connectivity index (χ0v) is 13.8. The molecule has 5 heteroatoms. The predicted octanol–water partition coefficient (Wildman–Crippen LogP) is 1.92. The molecule has 5 nitrogen and oxygen atoms in total. The fraction of sp³-hybridized carbons (Fsp3) is 0.889. The first-order valence-electron chi connectivity index (χ1n) is 9.07. The largest absolute Gasteiger partial charge is 0.453 e. The van der Waals surface area contributed by atoms with Crippen molar-refractivity contribution in [3.63, 3.8) is 0 Å². The van der Waals surface area contributed by atoms with Gasteiger partial charge in [0, 0.05) is 6.04 Å². The first kappa shape index (κ1) is 15.4. The van der Waals surface area contributed by atoms with Crippen molar-refractivity contribution in [2.75, 3.05) is 0 Å². The van der Waals surface area contributed by atoms with Crippen molar-refractivity contribution in [3.05, 3.63) is 0 Å². The van der Waals surface area contributed by atoms with E-state index in [9.17, 15) is 14.7 Å². The summed E-state index contributed by atoms with van der Waals surface area (Å²) < 4.78 is 5.38. The molecule has 5 fully saturated rings. The average molecular weight is 321 g/mol. The molecule has 0 spiro atoms. The fourth-order valence-electron chi connectivity index (χ4n) is 5.75. The van der Waals surface area contributed by atoms with E-state index in [1.165, 1.54) is 6.42 Å². The van der Waals surface area contributed by atoms with Gasteiger partial charge >= 0.3 is 5.97 Å². The third-order valence-electron chi connectivity index (χ3n) is 6.27. The van der Waals surface area contributed by atoms with Gasteiger partial charge in [-0.05, 0) is 75.5 Å². The van der Waals surface area contributed by atoms with Gasteiger partial charge in [0.15, 0.2) is 6.10 Å². The third kappa shape index (κ3) is 3.12. The lowest BCUT2D eigenvalue weighted by Crippen LogP contribution is -2.56. The van der Waals surface area contributed by atoms with E-state index in [0.29, 0.717) is 18.3 Å². The number of carbonyl (C=O) groups is 2. The van der Waals surface area contributed by atoms with Crippen LogP contribution in [-0.4, -0.2) is 34.7 Å². The zero-order valence-electron chi connectivity index (χ0n) is 13.8. The number of ether oxygens (including phenoxy) is 1. The maximum Gasteiger partial charge on any atom is 0.307 e. The van der Waals surface area contributed by atoms with Gasteiger partial charge in [0.05, 0.1) is 12.0 Å². The highest BCUT2D eigenvalue weighted by molar-refractivity contribution is 5.84. The Bertz CT molecular complexity index is 513. The number of esters is 1. The van der Waals surface area contributed by atoms with Crippen molar-refractivity contribution < 1.29 is 19.4 Å². The zero-order chi connectivity index (χ0) is 16.2. The van der Waals surface area contributed by atoms with Crippen LogP contribution < -0.4 is 5.32 Å². The summed E-state index contributed by atoms with van der Waals surface area (Å²) in [5.74, 6) is 0.647. The number of aliphatic hydroxyl groups is 1. The van der Waals surface area contributed by atoms with Gasteiger partial charge < -0.3 is 15.2 Å². The molecule has 0 heterocycles. The molecule has 4 bridgehead atoms. The standard InChI is InChI=1S/C18H27NO4/c1-11(16(21)19-14-2-3-14)23-15(20)9-17-5-12-4-13(6-17)8-18(22,7-12)10-17/h11-14,22H,2-10H2,1H3,(H,19,21)/t11-,12+,13+,17?,18?/m1/s1. The van der Waals surface area contributed by atoms with E-state index in [2.05, 4.69) is 5.32 Å². The van der Waals surface area contributed by atoms with Gasteiger partial charge in [0.2, 0.25) is 0 Å². The molecule has 5 saturated carbocycles. The SMILES string of the molecule is C[C@@H](OC(=O)CC12C[C@@H]3C[C@H](CC(O)(C3)C1)C2)C(=O)NC1CC1. The Kier molecular flexibility index (Phi) is 3.49. The third-order valence-corrected chi connectivity index (χ3v) is 6.27. The molecule has 0 radical (unpaired) electrons. The molecule has 0 unspecified atom stereocenters. The summed E-state index contributed by atoms with van der Waals surface area (Å²) in [7, 11) is 0. The Hall–Kier alpha value is -1.10. The molecule has 1 amide bonds. The molecular formula is C18H27NO4. The lowest BCUT2D eigenvalue weighted by molar-refractivity contribution is -0.180. The van der Waals surface area contributed by atoms with Crippen molar-refractivity contribution >= 4 is 11.9 Å². The number of nitrogens with one attached hydrogen (secondary N) is 1. The molecule has 5 rings (SSSR count). The monoisotopic (exact) mass is 321 g/mol. The van der Waals surface area contributed by atoms with Crippen molar-refractivity contribution in [1.29, 1.82) is 0 Å².